The molecule has 5 atom stereocenters. The molecule has 0 unspecified atom stereocenters. The van der Waals surface area contributed by atoms with E-state index in [0.29, 0.717) is 67.8 Å². The van der Waals surface area contributed by atoms with Crippen LogP contribution in [-0.4, -0.2) is 94.2 Å². The van der Waals surface area contributed by atoms with Gasteiger partial charge in [-0.05, 0) is 80.4 Å². The number of nitrogens with one attached hydrogen (secondary N) is 2. The van der Waals surface area contributed by atoms with Gasteiger partial charge in [-0.2, -0.15) is 0 Å². The van der Waals surface area contributed by atoms with E-state index < -0.39 is 30.0 Å². The minimum atomic E-state index is -0.984. The van der Waals surface area contributed by atoms with Crippen molar-refractivity contribution < 1.29 is 28.9 Å². The second kappa shape index (κ2) is 16.5. The second-order valence-corrected chi connectivity index (χ2v) is 12.5. The summed E-state index contributed by atoms with van der Waals surface area (Å²) < 4.78 is 27.1. The van der Waals surface area contributed by atoms with Crippen molar-refractivity contribution in [2.45, 2.75) is 50.1 Å². The Morgan fingerprint density at radius 2 is 1.96 bits per heavy atom. The third-order valence-electron chi connectivity index (χ3n) is 8.82. The predicted octanol–water partition coefficient (Wildman–Crippen LogP) is 3.71. The molecule has 4 aromatic rings. The van der Waals surface area contributed by atoms with Crippen molar-refractivity contribution in [3.8, 4) is 11.5 Å². The molecule has 6 N–H and O–H groups in total. The van der Waals surface area contributed by atoms with Gasteiger partial charge in [-0.25, -0.2) is 14.4 Å². The lowest BCUT2D eigenvalue weighted by Gasteiger charge is -2.28. The van der Waals surface area contributed by atoms with E-state index in [1.54, 1.807) is 37.4 Å². The lowest BCUT2D eigenvalue weighted by Crippen LogP contribution is -2.41. The van der Waals surface area contributed by atoms with Crippen molar-refractivity contribution in [3.05, 3.63) is 77.5 Å². The Labute approximate surface area is 284 Å². The first-order valence-corrected chi connectivity index (χ1v) is 16.4. The molecule has 48 heavy (non-hydrogen) atoms. The van der Waals surface area contributed by atoms with Crippen LogP contribution in [0, 0.1) is 11.7 Å². The molecule has 2 aromatic carbocycles. The number of aliphatic hydroxyl groups is 2. The van der Waals surface area contributed by atoms with E-state index in [-0.39, 0.29) is 17.7 Å². The summed E-state index contributed by atoms with van der Waals surface area (Å²) in [7, 11) is 3.10. The number of aliphatic hydroxyl groups excluding tert-OH is 2. The number of anilines is 1. The number of benzene rings is 2. The van der Waals surface area contributed by atoms with E-state index in [9.17, 15) is 19.4 Å². The SMILES string of the molecule is CNc1ncnc2c1ccn2[C@@H]1C[C@H](CN(CCCNCc2ccc(Oc3ccc(Cl)cc3)c(F)c2)CC[C@H](N)C(=O)OC)[C@@H](O)[C@H]1O. The van der Waals surface area contributed by atoms with Crippen molar-refractivity contribution in [2.75, 3.05) is 45.7 Å². The highest BCUT2D eigenvalue weighted by Gasteiger charge is 2.43. The molecular weight excluding hydrogens is 641 g/mol. The van der Waals surface area contributed by atoms with Crippen LogP contribution in [0.25, 0.3) is 11.0 Å². The van der Waals surface area contributed by atoms with Crippen molar-refractivity contribution in [1.29, 1.82) is 0 Å². The largest absolute Gasteiger partial charge is 0.468 e. The summed E-state index contributed by atoms with van der Waals surface area (Å²) in [5.74, 6) is 0.141. The van der Waals surface area contributed by atoms with Gasteiger partial charge in [0.25, 0.3) is 0 Å². The molecule has 258 valence electrons. The summed E-state index contributed by atoms with van der Waals surface area (Å²) in [5, 5.41) is 30.1. The standard InChI is InChI=1S/C34H43ClFN7O5/c1-38-32-25-10-15-43(33(25)41-20-40-32)28-17-22(30(44)31(28)45)19-42(14-11-27(37)34(46)47-2)13-3-12-39-18-21-4-9-29(26(36)16-21)48-24-7-5-23(35)6-8-24/h4-10,15-16,20,22,27-28,30-31,39,44-45H,3,11-14,17-19,37H2,1-2H3,(H,38,40,41)/t22-,27+,28-,30-,31+/m1/s1. The maximum Gasteiger partial charge on any atom is 0.322 e. The molecule has 0 saturated heterocycles. The van der Waals surface area contributed by atoms with Gasteiger partial charge in [0.2, 0.25) is 0 Å². The van der Waals surface area contributed by atoms with Crippen LogP contribution in [-0.2, 0) is 16.1 Å². The first kappa shape index (κ1) is 35.5. The van der Waals surface area contributed by atoms with Gasteiger partial charge >= 0.3 is 5.97 Å². The van der Waals surface area contributed by atoms with Gasteiger partial charge in [0, 0.05) is 43.8 Å². The zero-order chi connectivity index (χ0) is 34.2. The van der Waals surface area contributed by atoms with Crippen LogP contribution in [0.2, 0.25) is 5.02 Å². The number of nitrogens with zero attached hydrogens (tertiary/aromatic N) is 4. The van der Waals surface area contributed by atoms with Gasteiger partial charge in [-0.1, -0.05) is 17.7 Å². The van der Waals surface area contributed by atoms with Gasteiger partial charge in [0.1, 0.15) is 35.7 Å². The van der Waals surface area contributed by atoms with Crippen molar-refractivity contribution in [1.82, 2.24) is 24.8 Å². The molecule has 0 bridgehead atoms. The molecule has 1 aliphatic carbocycles. The van der Waals surface area contributed by atoms with E-state index in [1.807, 2.05) is 22.9 Å². The fourth-order valence-electron chi connectivity index (χ4n) is 6.24. The lowest BCUT2D eigenvalue weighted by atomic mass is 10.0. The smallest absolute Gasteiger partial charge is 0.322 e. The van der Waals surface area contributed by atoms with Crippen molar-refractivity contribution in [2.24, 2.45) is 11.7 Å². The Bertz CT molecular complexity index is 1660. The fraction of sp³-hybridized carbons (Fsp3) is 0.441. The van der Waals surface area contributed by atoms with Crippen molar-refractivity contribution >= 4 is 34.4 Å². The van der Waals surface area contributed by atoms with E-state index in [0.717, 1.165) is 17.4 Å². The second-order valence-electron chi connectivity index (χ2n) is 12.0. The van der Waals surface area contributed by atoms with Crippen LogP contribution in [0.5, 0.6) is 11.5 Å². The number of carbonyl (C=O) groups excluding carboxylic acids is 1. The number of rotatable bonds is 16. The van der Waals surface area contributed by atoms with E-state index >= 15 is 0 Å². The van der Waals surface area contributed by atoms with Crippen LogP contribution in [0.15, 0.2) is 61.1 Å². The van der Waals surface area contributed by atoms with E-state index in [1.165, 1.54) is 19.5 Å². The molecule has 0 spiro atoms. The Hall–Kier alpha value is -3.85. The third kappa shape index (κ3) is 8.59. The normalized spacial score (nSPS) is 19.9. The summed E-state index contributed by atoms with van der Waals surface area (Å²) in [6, 6.07) is 12.3. The number of esters is 1. The Morgan fingerprint density at radius 1 is 1.17 bits per heavy atom. The molecule has 12 nitrogen and oxygen atoms in total. The Morgan fingerprint density at radius 3 is 2.69 bits per heavy atom. The molecule has 1 saturated carbocycles. The molecule has 1 fully saturated rings. The monoisotopic (exact) mass is 683 g/mol. The minimum absolute atomic E-state index is 0.129. The average Bonchev–Trinajstić information content (AvgIpc) is 3.64. The number of ether oxygens (including phenoxy) is 2. The Balaban J connectivity index is 1.16. The molecule has 0 amide bonds. The highest BCUT2D eigenvalue weighted by Crippen LogP contribution is 2.38. The van der Waals surface area contributed by atoms with Gasteiger partial charge < -0.3 is 45.5 Å². The molecule has 0 radical (unpaired) electrons. The molecule has 0 aliphatic heterocycles. The van der Waals surface area contributed by atoms with Crippen LogP contribution in [0.3, 0.4) is 0 Å². The molecule has 14 heteroatoms. The zero-order valence-corrected chi connectivity index (χ0v) is 27.8. The molecule has 2 heterocycles. The lowest BCUT2D eigenvalue weighted by molar-refractivity contribution is -0.142. The number of hydrogen-bond acceptors (Lipinski definition) is 11. The summed E-state index contributed by atoms with van der Waals surface area (Å²) in [6.45, 7) is 2.76. The maximum atomic E-state index is 14.7. The van der Waals surface area contributed by atoms with E-state index in [2.05, 4.69) is 25.5 Å². The number of methoxy groups -OCH3 is 1. The first-order valence-electron chi connectivity index (χ1n) is 16.0. The van der Waals surface area contributed by atoms with Gasteiger partial charge in [0.15, 0.2) is 11.6 Å². The quantitative estimate of drug-likeness (QED) is 0.0865. The van der Waals surface area contributed by atoms with Crippen LogP contribution < -0.4 is 21.1 Å². The molecular formula is C34H43ClFN7O5. The zero-order valence-electron chi connectivity index (χ0n) is 27.1. The number of aromatic nitrogens is 3. The minimum Gasteiger partial charge on any atom is -0.468 e. The van der Waals surface area contributed by atoms with Crippen LogP contribution in [0.4, 0.5) is 10.2 Å². The summed E-state index contributed by atoms with van der Waals surface area (Å²) in [6.07, 6.45) is 3.07. The van der Waals surface area contributed by atoms with Gasteiger partial charge in [-0.15, -0.1) is 0 Å². The van der Waals surface area contributed by atoms with E-state index in [4.69, 9.17) is 26.8 Å². The number of nitrogens with two attached hydrogens (primary N) is 1. The fourth-order valence-corrected chi connectivity index (χ4v) is 6.36. The molecule has 2 aromatic heterocycles. The molecule has 5 rings (SSSR count). The average molecular weight is 684 g/mol. The summed E-state index contributed by atoms with van der Waals surface area (Å²) in [4.78, 5) is 22.8. The van der Waals surface area contributed by atoms with Crippen LogP contribution in [0.1, 0.15) is 30.9 Å². The first-order chi connectivity index (χ1) is 23.2. The third-order valence-corrected chi connectivity index (χ3v) is 9.07. The highest BCUT2D eigenvalue weighted by molar-refractivity contribution is 6.30. The predicted molar refractivity (Wildman–Crippen MR) is 182 cm³/mol. The number of fused-ring (bicyclic) bond motifs is 1. The highest BCUT2D eigenvalue weighted by atomic mass is 35.5. The van der Waals surface area contributed by atoms with Crippen LogP contribution >= 0.6 is 11.6 Å². The van der Waals surface area contributed by atoms with Gasteiger partial charge in [-0.3, -0.25) is 4.79 Å². The number of halogens is 2. The number of hydrogen-bond donors (Lipinski definition) is 5. The number of carbonyl (C=O) groups is 1. The maximum absolute atomic E-state index is 14.7. The topological polar surface area (TPSA) is 160 Å². The Kier molecular flexibility index (Phi) is 12.2. The summed E-state index contributed by atoms with van der Waals surface area (Å²) in [5.41, 5.74) is 7.50. The van der Waals surface area contributed by atoms with Crippen molar-refractivity contribution in [3.63, 3.8) is 0 Å². The molecule has 1 aliphatic rings. The van der Waals surface area contributed by atoms with Gasteiger partial charge in [0.05, 0.1) is 24.6 Å². The summed E-state index contributed by atoms with van der Waals surface area (Å²) >= 11 is 5.91.